The van der Waals surface area contributed by atoms with Crippen LogP contribution in [-0.2, 0) is 0 Å². The Morgan fingerprint density at radius 2 is 1.95 bits per heavy atom. The third kappa shape index (κ3) is 5.01. The van der Waals surface area contributed by atoms with Gasteiger partial charge in [0.15, 0.2) is 0 Å². The van der Waals surface area contributed by atoms with Crippen LogP contribution in [0.1, 0.15) is 65.2 Å². The first-order valence-corrected chi connectivity index (χ1v) is 8.65. The standard InChI is InChI=1S/C19H29FO/c1-3-5-7-15-10-12-16(13-11-15)19(4-2)21-18-9-6-8-17(20)14-18/h6,8-9,14-16,19H,3-5,7,10-13H2,1-2H3. The van der Waals surface area contributed by atoms with Gasteiger partial charge >= 0.3 is 0 Å². The molecule has 1 atom stereocenters. The SMILES string of the molecule is CCCCC1CCC(C(CC)Oc2cccc(F)c2)CC1. The molecule has 1 aromatic rings. The first kappa shape index (κ1) is 16.3. The van der Waals surface area contributed by atoms with Gasteiger partial charge in [0, 0.05) is 6.07 Å². The minimum absolute atomic E-state index is 0.217. The summed E-state index contributed by atoms with van der Waals surface area (Å²) in [4.78, 5) is 0. The second-order valence-electron chi connectivity index (χ2n) is 6.44. The van der Waals surface area contributed by atoms with Crippen molar-refractivity contribution >= 4 is 0 Å². The Bertz CT molecular complexity index is 410. The molecule has 0 heterocycles. The summed E-state index contributed by atoms with van der Waals surface area (Å²) in [5.74, 6) is 2.02. The molecule has 0 N–H and O–H groups in total. The van der Waals surface area contributed by atoms with E-state index in [4.69, 9.17) is 4.74 Å². The fourth-order valence-electron chi connectivity index (χ4n) is 3.57. The molecule has 1 fully saturated rings. The van der Waals surface area contributed by atoms with Crippen molar-refractivity contribution in [1.29, 1.82) is 0 Å². The summed E-state index contributed by atoms with van der Waals surface area (Å²) in [7, 11) is 0. The Hall–Kier alpha value is -1.05. The molecule has 1 saturated carbocycles. The lowest BCUT2D eigenvalue weighted by Crippen LogP contribution is -2.30. The molecular formula is C19H29FO. The van der Waals surface area contributed by atoms with Crippen molar-refractivity contribution in [2.75, 3.05) is 0 Å². The number of unbranched alkanes of at least 4 members (excludes halogenated alkanes) is 1. The number of benzene rings is 1. The summed E-state index contributed by atoms with van der Waals surface area (Å²) >= 11 is 0. The van der Waals surface area contributed by atoms with Gasteiger partial charge in [-0.1, -0.05) is 52.0 Å². The molecule has 2 rings (SSSR count). The quantitative estimate of drug-likeness (QED) is 0.600. The first-order valence-electron chi connectivity index (χ1n) is 8.65. The van der Waals surface area contributed by atoms with Crippen molar-refractivity contribution in [3.63, 3.8) is 0 Å². The number of halogens is 1. The van der Waals surface area contributed by atoms with Crippen LogP contribution in [0.2, 0.25) is 0 Å². The molecule has 1 aliphatic carbocycles. The minimum atomic E-state index is -0.217. The van der Waals surface area contributed by atoms with Crippen LogP contribution >= 0.6 is 0 Å². The van der Waals surface area contributed by atoms with Crippen LogP contribution in [0.5, 0.6) is 5.75 Å². The summed E-state index contributed by atoms with van der Waals surface area (Å²) < 4.78 is 19.3. The Kier molecular flexibility index (Phi) is 6.53. The molecule has 1 aliphatic rings. The molecule has 0 radical (unpaired) electrons. The fraction of sp³-hybridized carbons (Fsp3) is 0.684. The first-order chi connectivity index (χ1) is 10.2. The molecule has 21 heavy (non-hydrogen) atoms. The van der Waals surface area contributed by atoms with E-state index >= 15 is 0 Å². The maximum absolute atomic E-state index is 13.3. The maximum Gasteiger partial charge on any atom is 0.126 e. The molecular weight excluding hydrogens is 263 g/mol. The normalized spacial score (nSPS) is 23.8. The molecule has 2 heteroatoms. The van der Waals surface area contributed by atoms with Crippen LogP contribution in [0, 0.1) is 17.7 Å². The van der Waals surface area contributed by atoms with Gasteiger partial charge in [-0.2, -0.15) is 0 Å². The van der Waals surface area contributed by atoms with Crippen LogP contribution in [0.3, 0.4) is 0 Å². The van der Waals surface area contributed by atoms with Crippen LogP contribution in [-0.4, -0.2) is 6.10 Å². The lowest BCUT2D eigenvalue weighted by atomic mass is 9.77. The van der Waals surface area contributed by atoms with Crippen LogP contribution < -0.4 is 4.74 Å². The molecule has 1 aromatic carbocycles. The van der Waals surface area contributed by atoms with Crippen molar-refractivity contribution in [1.82, 2.24) is 0 Å². The van der Waals surface area contributed by atoms with Crippen molar-refractivity contribution in [2.24, 2.45) is 11.8 Å². The monoisotopic (exact) mass is 292 g/mol. The van der Waals surface area contributed by atoms with Gasteiger partial charge in [0.1, 0.15) is 17.7 Å². The number of hydrogen-bond acceptors (Lipinski definition) is 1. The third-order valence-electron chi connectivity index (χ3n) is 4.87. The van der Waals surface area contributed by atoms with Crippen molar-refractivity contribution < 1.29 is 9.13 Å². The third-order valence-corrected chi connectivity index (χ3v) is 4.87. The summed E-state index contributed by atoms with van der Waals surface area (Å²) in [5, 5.41) is 0. The Morgan fingerprint density at radius 3 is 2.57 bits per heavy atom. The highest BCUT2D eigenvalue weighted by Gasteiger charge is 2.27. The van der Waals surface area contributed by atoms with Crippen LogP contribution in [0.15, 0.2) is 24.3 Å². The second-order valence-corrected chi connectivity index (χ2v) is 6.44. The number of ether oxygens (including phenoxy) is 1. The smallest absolute Gasteiger partial charge is 0.126 e. The number of rotatable bonds is 7. The van der Waals surface area contributed by atoms with E-state index in [0.29, 0.717) is 11.7 Å². The summed E-state index contributed by atoms with van der Waals surface area (Å²) in [5.41, 5.74) is 0. The maximum atomic E-state index is 13.3. The Labute approximate surface area is 128 Å². The summed E-state index contributed by atoms with van der Waals surface area (Å²) in [6, 6.07) is 6.54. The van der Waals surface area contributed by atoms with Crippen LogP contribution in [0.4, 0.5) is 4.39 Å². The molecule has 0 saturated heterocycles. The Balaban J connectivity index is 1.85. The zero-order valence-electron chi connectivity index (χ0n) is 13.5. The average Bonchev–Trinajstić information content (AvgIpc) is 2.51. The minimum Gasteiger partial charge on any atom is -0.490 e. The van der Waals surface area contributed by atoms with Crippen molar-refractivity contribution in [3.05, 3.63) is 30.1 Å². The molecule has 0 spiro atoms. The molecule has 0 aromatic heterocycles. The van der Waals surface area contributed by atoms with Gasteiger partial charge < -0.3 is 4.74 Å². The van der Waals surface area contributed by atoms with Crippen molar-refractivity contribution in [2.45, 2.75) is 71.3 Å². The highest BCUT2D eigenvalue weighted by molar-refractivity contribution is 5.22. The van der Waals surface area contributed by atoms with Gasteiger partial charge in [-0.25, -0.2) is 4.39 Å². The van der Waals surface area contributed by atoms with E-state index in [0.717, 1.165) is 12.3 Å². The molecule has 0 aliphatic heterocycles. The number of hydrogen-bond donors (Lipinski definition) is 0. The predicted molar refractivity (Wildman–Crippen MR) is 86.1 cm³/mol. The summed E-state index contributed by atoms with van der Waals surface area (Å²) in [6.45, 7) is 4.44. The molecule has 0 amide bonds. The molecule has 1 nitrogen and oxygen atoms in total. The topological polar surface area (TPSA) is 9.23 Å². The zero-order valence-corrected chi connectivity index (χ0v) is 13.5. The second kappa shape index (κ2) is 8.41. The van der Waals surface area contributed by atoms with E-state index in [1.54, 1.807) is 6.07 Å². The average molecular weight is 292 g/mol. The van der Waals surface area contributed by atoms with Gasteiger partial charge in [0.2, 0.25) is 0 Å². The van der Waals surface area contributed by atoms with Gasteiger partial charge in [-0.15, -0.1) is 0 Å². The largest absolute Gasteiger partial charge is 0.490 e. The molecule has 1 unspecified atom stereocenters. The van der Waals surface area contributed by atoms with Crippen molar-refractivity contribution in [3.8, 4) is 5.75 Å². The fourth-order valence-corrected chi connectivity index (χ4v) is 3.57. The summed E-state index contributed by atoms with van der Waals surface area (Å²) in [6.07, 6.45) is 10.5. The molecule has 0 bridgehead atoms. The van der Waals surface area contributed by atoms with Gasteiger partial charge in [-0.05, 0) is 43.2 Å². The zero-order chi connectivity index (χ0) is 15.1. The highest BCUT2D eigenvalue weighted by atomic mass is 19.1. The van der Waals surface area contributed by atoms with E-state index in [1.807, 2.05) is 6.07 Å². The van der Waals surface area contributed by atoms with E-state index < -0.39 is 0 Å². The van der Waals surface area contributed by atoms with Gasteiger partial charge in [0.05, 0.1) is 0 Å². The van der Waals surface area contributed by atoms with E-state index in [1.165, 1.54) is 57.1 Å². The van der Waals surface area contributed by atoms with E-state index in [-0.39, 0.29) is 11.9 Å². The lowest BCUT2D eigenvalue weighted by Gasteiger charge is -2.33. The lowest BCUT2D eigenvalue weighted by molar-refractivity contribution is 0.0893. The highest BCUT2D eigenvalue weighted by Crippen LogP contribution is 2.35. The molecule has 118 valence electrons. The van der Waals surface area contributed by atoms with Crippen LogP contribution in [0.25, 0.3) is 0 Å². The van der Waals surface area contributed by atoms with E-state index in [9.17, 15) is 4.39 Å². The predicted octanol–water partition coefficient (Wildman–Crippen LogP) is 5.98. The van der Waals surface area contributed by atoms with E-state index in [2.05, 4.69) is 13.8 Å². The van der Waals surface area contributed by atoms with Gasteiger partial charge in [-0.3, -0.25) is 0 Å². The van der Waals surface area contributed by atoms with Gasteiger partial charge in [0.25, 0.3) is 0 Å². The Morgan fingerprint density at radius 1 is 1.19 bits per heavy atom.